The zero-order chi connectivity index (χ0) is 20.6. The van der Waals surface area contributed by atoms with Crippen LogP contribution in [-0.4, -0.2) is 32.1 Å². The molecule has 3 rings (SSSR count). The monoisotopic (exact) mass is 390 g/mol. The van der Waals surface area contributed by atoms with E-state index in [1.165, 1.54) is 7.11 Å². The molecular weight excluding hydrogens is 368 g/mol. The predicted octanol–water partition coefficient (Wildman–Crippen LogP) is 4.92. The first-order valence-electron chi connectivity index (χ1n) is 8.94. The van der Waals surface area contributed by atoms with Crippen molar-refractivity contribution in [2.24, 2.45) is 10.2 Å². The summed E-state index contributed by atoms with van der Waals surface area (Å²) >= 11 is 0. The molecule has 0 saturated heterocycles. The number of benzene rings is 2. The first-order chi connectivity index (χ1) is 14.1. The maximum absolute atomic E-state index is 12.1. The molecule has 0 aromatic heterocycles. The van der Waals surface area contributed by atoms with Crippen LogP contribution < -0.4 is 10.1 Å². The molecule has 0 unspecified atom stereocenters. The number of ether oxygens (including phenoxy) is 2. The summed E-state index contributed by atoms with van der Waals surface area (Å²) in [7, 11) is 4.78. The van der Waals surface area contributed by atoms with Crippen molar-refractivity contribution in [1.29, 1.82) is 0 Å². The summed E-state index contributed by atoms with van der Waals surface area (Å²) in [5.41, 5.74) is 3.21. The topological polar surface area (TPSA) is 75.5 Å². The molecule has 1 aliphatic heterocycles. The maximum Gasteiger partial charge on any atom is 0.360 e. The smallest absolute Gasteiger partial charge is 0.360 e. The van der Waals surface area contributed by atoms with Crippen molar-refractivity contribution in [3.8, 4) is 5.75 Å². The standard InChI is InChI=1S/C22H22N4O3/c1-26-15-5-4-6-20(26)21(22(27)29-3)25-24-18-9-7-16(8-10-18)23-17-11-13-19(28-2)14-12-17/h4-15,23H,1-3H3. The lowest BCUT2D eigenvalue weighted by Gasteiger charge is -2.19. The molecule has 2 aromatic carbocycles. The van der Waals surface area contributed by atoms with Gasteiger partial charge in [-0.15, -0.1) is 5.11 Å². The highest BCUT2D eigenvalue weighted by Gasteiger charge is 2.17. The summed E-state index contributed by atoms with van der Waals surface area (Å²) in [5.74, 6) is 0.254. The normalized spacial score (nSPS) is 14.8. The van der Waals surface area contributed by atoms with Gasteiger partial charge < -0.3 is 19.7 Å². The number of allylic oxidation sites excluding steroid dienone is 3. The van der Waals surface area contributed by atoms with E-state index in [1.807, 2.05) is 73.9 Å². The van der Waals surface area contributed by atoms with Gasteiger partial charge in [0.15, 0.2) is 5.70 Å². The Morgan fingerprint density at radius 3 is 2.21 bits per heavy atom. The number of rotatable bonds is 6. The van der Waals surface area contributed by atoms with Crippen LogP contribution in [0.2, 0.25) is 0 Å². The second-order valence-corrected chi connectivity index (χ2v) is 6.14. The fraction of sp³-hybridized carbons (Fsp3) is 0.136. The third-order valence-electron chi connectivity index (χ3n) is 4.19. The van der Waals surface area contributed by atoms with Crippen molar-refractivity contribution < 1.29 is 14.3 Å². The molecule has 0 amide bonds. The van der Waals surface area contributed by atoms with E-state index in [9.17, 15) is 4.79 Å². The molecule has 0 atom stereocenters. The van der Waals surface area contributed by atoms with Crippen molar-refractivity contribution in [2.75, 3.05) is 26.6 Å². The van der Waals surface area contributed by atoms with Crippen LogP contribution in [-0.2, 0) is 9.53 Å². The third-order valence-corrected chi connectivity index (χ3v) is 4.19. The van der Waals surface area contributed by atoms with Crippen LogP contribution in [0, 0.1) is 0 Å². The lowest BCUT2D eigenvalue weighted by atomic mass is 10.2. The molecule has 0 spiro atoms. The van der Waals surface area contributed by atoms with Crippen LogP contribution >= 0.6 is 0 Å². The average molecular weight is 390 g/mol. The minimum absolute atomic E-state index is 0.135. The molecule has 2 aromatic rings. The molecule has 148 valence electrons. The summed E-state index contributed by atoms with van der Waals surface area (Å²) in [5, 5.41) is 11.6. The number of nitrogens with zero attached hydrogens (tertiary/aromatic N) is 3. The number of nitrogens with one attached hydrogen (secondary N) is 1. The lowest BCUT2D eigenvalue weighted by molar-refractivity contribution is -0.136. The van der Waals surface area contributed by atoms with Crippen LogP contribution in [0.4, 0.5) is 17.1 Å². The van der Waals surface area contributed by atoms with E-state index < -0.39 is 5.97 Å². The Morgan fingerprint density at radius 2 is 1.62 bits per heavy atom. The van der Waals surface area contributed by atoms with E-state index in [1.54, 1.807) is 18.1 Å². The molecule has 7 nitrogen and oxygen atoms in total. The number of methoxy groups -OCH3 is 2. The Hall–Kier alpha value is -3.87. The van der Waals surface area contributed by atoms with E-state index in [0.29, 0.717) is 11.4 Å². The van der Waals surface area contributed by atoms with Crippen molar-refractivity contribution in [3.05, 3.63) is 84.4 Å². The van der Waals surface area contributed by atoms with Crippen molar-refractivity contribution >= 4 is 23.0 Å². The lowest BCUT2D eigenvalue weighted by Crippen LogP contribution is -2.16. The number of esters is 1. The minimum atomic E-state index is -0.548. The first-order valence-corrected chi connectivity index (χ1v) is 8.94. The van der Waals surface area contributed by atoms with Gasteiger partial charge >= 0.3 is 5.97 Å². The van der Waals surface area contributed by atoms with E-state index in [4.69, 9.17) is 9.47 Å². The Kier molecular flexibility index (Phi) is 6.42. The van der Waals surface area contributed by atoms with Gasteiger partial charge in [0.05, 0.1) is 25.6 Å². The zero-order valence-corrected chi connectivity index (χ0v) is 16.5. The van der Waals surface area contributed by atoms with Crippen LogP contribution in [0.5, 0.6) is 5.75 Å². The van der Waals surface area contributed by atoms with Crippen molar-refractivity contribution in [3.63, 3.8) is 0 Å². The van der Waals surface area contributed by atoms with Gasteiger partial charge in [-0.05, 0) is 60.7 Å². The molecule has 29 heavy (non-hydrogen) atoms. The highest BCUT2D eigenvalue weighted by atomic mass is 16.5. The zero-order valence-electron chi connectivity index (χ0n) is 16.5. The molecule has 0 bridgehead atoms. The number of likely N-dealkylation sites (N-methyl/N-ethyl adjacent to an activating group) is 1. The summed E-state index contributed by atoms with van der Waals surface area (Å²) in [6.07, 6.45) is 7.30. The van der Waals surface area contributed by atoms with Crippen LogP contribution in [0.1, 0.15) is 0 Å². The number of hydrogen-bond donors (Lipinski definition) is 1. The van der Waals surface area contributed by atoms with Gasteiger partial charge in [-0.3, -0.25) is 0 Å². The summed E-state index contributed by atoms with van der Waals surface area (Å²) in [6, 6.07) is 15.0. The second-order valence-electron chi connectivity index (χ2n) is 6.14. The maximum atomic E-state index is 12.1. The molecule has 7 heteroatoms. The van der Waals surface area contributed by atoms with Gasteiger partial charge in [0.25, 0.3) is 0 Å². The van der Waals surface area contributed by atoms with Gasteiger partial charge in [0.1, 0.15) is 5.75 Å². The molecule has 1 aliphatic rings. The Balaban J connectivity index is 1.75. The second kappa shape index (κ2) is 9.36. The first kappa shape index (κ1) is 19.9. The van der Waals surface area contributed by atoms with Crippen LogP contribution in [0.3, 0.4) is 0 Å². The van der Waals surface area contributed by atoms with Gasteiger partial charge in [-0.2, -0.15) is 5.11 Å². The molecule has 0 aliphatic carbocycles. The minimum Gasteiger partial charge on any atom is -0.497 e. The number of anilines is 2. The Labute approximate surface area is 169 Å². The molecule has 1 heterocycles. The fourth-order valence-corrected chi connectivity index (χ4v) is 2.62. The Bertz CT molecular complexity index is 974. The molecule has 1 N–H and O–H groups in total. The number of azo groups is 1. The number of hydrogen-bond acceptors (Lipinski definition) is 7. The highest BCUT2D eigenvalue weighted by molar-refractivity contribution is 5.89. The van der Waals surface area contributed by atoms with Crippen LogP contribution in [0.25, 0.3) is 0 Å². The molecule has 0 saturated carbocycles. The van der Waals surface area contributed by atoms with Crippen molar-refractivity contribution in [1.82, 2.24) is 4.90 Å². The van der Waals surface area contributed by atoms with E-state index in [-0.39, 0.29) is 5.70 Å². The molecule has 0 radical (unpaired) electrons. The average Bonchev–Trinajstić information content (AvgIpc) is 2.76. The molecule has 0 fully saturated rings. The Morgan fingerprint density at radius 1 is 0.966 bits per heavy atom. The predicted molar refractivity (Wildman–Crippen MR) is 112 cm³/mol. The summed E-state index contributed by atoms with van der Waals surface area (Å²) < 4.78 is 10.0. The summed E-state index contributed by atoms with van der Waals surface area (Å²) in [6.45, 7) is 0. The third kappa shape index (κ3) is 5.10. The largest absolute Gasteiger partial charge is 0.497 e. The number of carbonyl (C=O) groups excluding carboxylic acids is 1. The van der Waals surface area contributed by atoms with Gasteiger partial charge in [0, 0.05) is 24.6 Å². The van der Waals surface area contributed by atoms with Crippen LogP contribution in [0.15, 0.2) is 94.6 Å². The van der Waals surface area contributed by atoms with Gasteiger partial charge in [-0.1, -0.05) is 6.08 Å². The van der Waals surface area contributed by atoms with Gasteiger partial charge in [-0.25, -0.2) is 4.79 Å². The fourth-order valence-electron chi connectivity index (χ4n) is 2.62. The van der Waals surface area contributed by atoms with E-state index in [2.05, 4.69) is 15.5 Å². The highest BCUT2D eigenvalue weighted by Crippen LogP contribution is 2.24. The SMILES string of the molecule is COC(=O)C(N=Nc1ccc(Nc2ccc(OC)cc2)cc1)=C1C=CC=CN1C. The van der Waals surface area contributed by atoms with Gasteiger partial charge in [0.2, 0.25) is 0 Å². The molecular formula is C22H22N4O3. The van der Waals surface area contributed by atoms with Crippen molar-refractivity contribution in [2.45, 2.75) is 0 Å². The van der Waals surface area contributed by atoms with E-state index >= 15 is 0 Å². The summed E-state index contributed by atoms with van der Waals surface area (Å²) in [4.78, 5) is 13.9. The van der Waals surface area contributed by atoms with E-state index in [0.717, 1.165) is 17.1 Å². The quantitative estimate of drug-likeness (QED) is 0.430. The number of carbonyl (C=O) groups is 1.